The van der Waals surface area contributed by atoms with Crippen LogP contribution in [-0.4, -0.2) is 34.9 Å². The summed E-state index contributed by atoms with van der Waals surface area (Å²) in [4.78, 5) is 56.9. The molecule has 0 saturated carbocycles. The van der Waals surface area contributed by atoms with Gasteiger partial charge >= 0.3 is 17.2 Å². The summed E-state index contributed by atoms with van der Waals surface area (Å²) in [5.41, 5.74) is -2.13. The molecule has 0 aliphatic rings. The molecule has 2 N–H and O–H groups in total. The second kappa shape index (κ2) is 16.5. The van der Waals surface area contributed by atoms with E-state index in [9.17, 15) is 34.2 Å². The molecule has 0 aliphatic heterocycles. The summed E-state index contributed by atoms with van der Waals surface area (Å²) >= 11 is 0. The molecule has 38 heavy (non-hydrogen) atoms. The van der Waals surface area contributed by atoms with Crippen LogP contribution in [0.1, 0.15) is 84.6 Å². The average Bonchev–Trinajstić information content (AvgIpc) is 2.87. The van der Waals surface area contributed by atoms with E-state index < -0.39 is 28.8 Å². The molecule has 0 radical (unpaired) electrons. The van der Waals surface area contributed by atoms with Crippen LogP contribution in [-0.2, 0) is 22.4 Å². The van der Waals surface area contributed by atoms with Crippen LogP contribution in [0.4, 0.5) is 0 Å². The Balaban J connectivity index is 0.000000389. The van der Waals surface area contributed by atoms with Gasteiger partial charge in [-0.15, -0.1) is 6.58 Å². The number of hydrogen-bond donors (Lipinski definition) is 2. The number of allylic oxidation sites excluding steroid dienone is 2. The fourth-order valence-corrected chi connectivity index (χ4v) is 3.23. The second-order valence-corrected chi connectivity index (χ2v) is 8.07. The number of rotatable bonds is 13. The molecule has 2 heterocycles. The third kappa shape index (κ3) is 10.0. The lowest BCUT2D eigenvalue weighted by atomic mass is 10.1. The van der Waals surface area contributed by atoms with Crippen molar-refractivity contribution in [1.29, 1.82) is 0 Å². The highest BCUT2D eigenvalue weighted by molar-refractivity contribution is 5.98. The van der Waals surface area contributed by atoms with Gasteiger partial charge in [0, 0.05) is 43.9 Å². The molecule has 0 spiro atoms. The summed E-state index contributed by atoms with van der Waals surface area (Å²) in [5, 5.41) is 19.4. The Morgan fingerprint density at radius 2 is 1.32 bits per heavy atom. The van der Waals surface area contributed by atoms with Crippen LogP contribution >= 0.6 is 0 Å². The average molecular weight is 531 g/mol. The lowest BCUT2D eigenvalue weighted by Crippen LogP contribution is -2.14. The SMILES string of the molecule is C=CCCCc1cc(O)c(C(=O)CC)c(=O)o1.CCC(=O)c1c(O)cc(CCC/C=C/C(=O)OC)oc1=O. The number of carbonyl (C=O) groups is 3. The van der Waals surface area contributed by atoms with Crippen LogP contribution in [0.15, 0.2) is 55.4 Å². The quantitative estimate of drug-likeness (QED) is 0.124. The van der Waals surface area contributed by atoms with Crippen molar-refractivity contribution in [2.24, 2.45) is 0 Å². The van der Waals surface area contributed by atoms with E-state index in [1.165, 1.54) is 25.3 Å². The van der Waals surface area contributed by atoms with E-state index in [4.69, 9.17) is 8.83 Å². The molecule has 10 heteroatoms. The third-order valence-corrected chi connectivity index (χ3v) is 5.24. The Bertz CT molecular complexity index is 1260. The van der Waals surface area contributed by atoms with Gasteiger partial charge in [-0.2, -0.15) is 0 Å². The lowest BCUT2D eigenvalue weighted by Gasteiger charge is -2.03. The first-order chi connectivity index (χ1) is 18.1. The number of esters is 1. The molecule has 0 saturated heterocycles. The largest absolute Gasteiger partial charge is 0.507 e. The summed E-state index contributed by atoms with van der Waals surface area (Å²) in [6.07, 6.45) is 8.77. The second-order valence-electron chi connectivity index (χ2n) is 8.07. The predicted octanol–water partition coefficient (Wildman–Crippen LogP) is 4.44. The van der Waals surface area contributed by atoms with E-state index in [1.807, 2.05) is 0 Å². The maximum atomic E-state index is 11.7. The van der Waals surface area contributed by atoms with Gasteiger partial charge in [0.25, 0.3) is 0 Å². The Morgan fingerprint density at radius 1 is 0.868 bits per heavy atom. The van der Waals surface area contributed by atoms with Gasteiger partial charge in [-0.05, 0) is 25.7 Å². The molecular formula is C28H34O10. The highest BCUT2D eigenvalue weighted by Gasteiger charge is 2.18. The molecule has 2 aromatic heterocycles. The van der Waals surface area contributed by atoms with Crippen LogP contribution in [0, 0.1) is 0 Å². The first kappa shape index (κ1) is 31.8. The van der Waals surface area contributed by atoms with Gasteiger partial charge in [0.2, 0.25) is 0 Å². The molecule has 0 bridgehead atoms. The van der Waals surface area contributed by atoms with Gasteiger partial charge < -0.3 is 23.8 Å². The minimum atomic E-state index is -0.818. The topological polar surface area (TPSA) is 161 Å². The van der Waals surface area contributed by atoms with Crippen molar-refractivity contribution in [3.05, 3.63) is 80.4 Å². The highest BCUT2D eigenvalue weighted by Crippen LogP contribution is 2.19. The maximum Gasteiger partial charge on any atom is 0.350 e. The van der Waals surface area contributed by atoms with Gasteiger partial charge in [-0.1, -0.05) is 26.0 Å². The number of methoxy groups -OCH3 is 1. The fourth-order valence-electron chi connectivity index (χ4n) is 3.23. The van der Waals surface area contributed by atoms with Gasteiger partial charge in [0.05, 0.1) is 7.11 Å². The zero-order chi connectivity index (χ0) is 28.7. The summed E-state index contributed by atoms with van der Waals surface area (Å²) in [5.74, 6) is -1.23. The Kier molecular flexibility index (Phi) is 13.8. The molecule has 10 nitrogen and oxygen atoms in total. The molecule has 0 fully saturated rings. The minimum Gasteiger partial charge on any atom is -0.507 e. The molecule has 0 aromatic carbocycles. The molecule has 0 amide bonds. The van der Waals surface area contributed by atoms with Crippen molar-refractivity contribution in [2.45, 2.75) is 65.2 Å². The Morgan fingerprint density at radius 3 is 1.68 bits per heavy atom. The smallest absolute Gasteiger partial charge is 0.350 e. The first-order valence-electron chi connectivity index (χ1n) is 12.2. The van der Waals surface area contributed by atoms with Crippen LogP contribution in [0.25, 0.3) is 0 Å². The van der Waals surface area contributed by atoms with Gasteiger partial charge in [-0.3, -0.25) is 9.59 Å². The number of ether oxygens (including phenoxy) is 1. The molecule has 2 rings (SSSR count). The van der Waals surface area contributed by atoms with Crippen molar-refractivity contribution in [3.63, 3.8) is 0 Å². The number of carbonyl (C=O) groups excluding carboxylic acids is 3. The van der Waals surface area contributed by atoms with Crippen LogP contribution in [0.3, 0.4) is 0 Å². The van der Waals surface area contributed by atoms with E-state index in [-0.39, 0.29) is 35.5 Å². The molecule has 0 unspecified atom stereocenters. The highest BCUT2D eigenvalue weighted by atomic mass is 16.5. The van der Waals surface area contributed by atoms with E-state index in [1.54, 1.807) is 26.0 Å². The molecule has 0 atom stereocenters. The van der Waals surface area contributed by atoms with Crippen LogP contribution in [0.5, 0.6) is 11.5 Å². The van der Waals surface area contributed by atoms with Crippen molar-refractivity contribution in [1.82, 2.24) is 0 Å². The Labute approximate surface area is 220 Å². The van der Waals surface area contributed by atoms with E-state index in [2.05, 4.69) is 11.3 Å². The number of aromatic hydroxyl groups is 2. The number of hydrogen-bond acceptors (Lipinski definition) is 10. The molecule has 2 aromatic rings. The number of Topliss-reactive ketones (excluding diaryl/α,β-unsaturated/α-hetero) is 2. The summed E-state index contributed by atoms with van der Waals surface area (Å²) < 4.78 is 14.4. The van der Waals surface area contributed by atoms with Crippen molar-refractivity contribution in [2.75, 3.05) is 7.11 Å². The third-order valence-electron chi connectivity index (χ3n) is 5.24. The van der Waals surface area contributed by atoms with Crippen molar-refractivity contribution >= 4 is 17.5 Å². The maximum absolute atomic E-state index is 11.7. The lowest BCUT2D eigenvalue weighted by molar-refractivity contribution is -0.134. The summed E-state index contributed by atoms with van der Waals surface area (Å²) in [6.45, 7) is 6.81. The molecule has 0 aliphatic carbocycles. The van der Waals surface area contributed by atoms with Gasteiger partial charge in [0.15, 0.2) is 11.6 Å². The Hall–Kier alpha value is -4.21. The van der Waals surface area contributed by atoms with Crippen molar-refractivity contribution < 1.29 is 38.2 Å². The zero-order valence-corrected chi connectivity index (χ0v) is 21.9. The normalized spacial score (nSPS) is 10.5. The number of unbranched alkanes of at least 4 members (excludes halogenated alkanes) is 2. The zero-order valence-electron chi connectivity index (χ0n) is 21.9. The van der Waals surface area contributed by atoms with Crippen molar-refractivity contribution in [3.8, 4) is 11.5 Å². The van der Waals surface area contributed by atoms with Gasteiger partial charge in [-0.25, -0.2) is 14.4 Å². The summed E-state index contributed by atoms with van der Waals surface area (Å²) in [7, 11) is 1.29. The standard InChI is InChI=1S/C15H18O6.C13H16O4/c1-3-11(16)14-12(17)9-10(21-15(14)19)7-5-4-6-8-13(18)20-2;1-3-5-6-7-9-8-11(15)12(10(14)4-2)13(16)17-9/h6,8-9,17H,3-5,7H2,1-2H3;3,8,15H,1,4-7H2,2H3/b8-6+;. The van der Waals surface area contributed by atoms with Crippen LogP contribution in [0.2, 0.25) is 0 Å². The van der Waals surface area contributed by atoms with Crippen LogP contribution < -0.4 is 11.3 Å². The first-order valence-corrected chi connectivity index (χ1v) is 12.2. The molecular weight excluding hydrogens is 496 g/mol. The summed E-state index contributed by atoms with van der Waals surface area (Å²) in [6, 6.07) is 2.63. The minimum absolute atomic E-state index is 0.121. The molecule has 206 valence electrons. The number of aryl methyl sites for hydroxylation is 2. The fraction of sp³-hybridized carbons (Fsp3) is 0.393. The van der Waals surface area contributed by atoms with E-state index >= 15 is 0 Å². The predicted molar refractivity (Wildman–Crippen MR) is 140 cm³/mol. The van der Waals surface area contributed by atoms with Gasteiger partial charge in [0.1, 0.15) is 34.1 Å². The monoisotopic (exact) mass is 530 g/mol. The van der Waals surface area contributed by atoms with E-state index in [0.29, 0.717) is 37.2 Å². The van der Waals surface area contributed by atoms with E-state index in [0.717, 1.165) is 12.8 Å². The number of ketones is 2.